The van der Waals surface area contributed by atoms with Crippen LogP contribution in [0, 0.1) is 0 Å². The van der Waals surface area contributed by atoms with E-state index < -0.39 is 0 Å². The number of carbonyl (C=O) groups excluding carboxylic acids is 1. The lowest BCUT2D eigenvalue weighted by molar-refractivity contribution is 0.0935. The zero-order valence-electron chi connectivity index (χ0n) is 14.0. The van der Waals surface area contributed by atoms with Gasteiger partial charge in [0.2, 0.25) is 0 Å². The molecule has 6 heteroatoms. The van der Waals surface area contributed by atoms with Crippen LogP contribution in [0.3, 0.4) is 0 Å². The standard InChI is InChI=1S/C19H20N4O2/c1-13(22-18(24)15-7-4-5-14(9-15)10-20)12-23-19(25)17-8-3-2-6-16(17)11-21-23/h2-9,11,13H,10,12,20H2,1H3,(H,22,24)/t13-/m0/s1. The highest BCUT2D eigenvalue weighted by Crippen LogP contribution is 2.07. The van der Waals surface area contributed by atoms with E-state index in [0.29, 0.717) is 24.0 Å². The van der Waals surface area contributed by atoms with E-state index in [2.05, 4.69) is 10.4 Å². The minimum Gasteiger partial charge on any atom is -0.348 e. The van der Waals surface area contributed by atoms with Crippen molar-refractivity contribution in [3.63, 3.8) is 0 Å². The first-order chi connectivity index (χ1) is 12.1. The number of nitrogens with zero attached hydrogens (tertiary/aromatic N) is 2. The molecule has 1 heterocycles. The van der Waals surface area contributed by atoms with Crippen molar-refractivity contribution in [2.75, 3.05) is 0 Å². The lowest BCUT2D eigenvalue weighted by Gasteiger charge is -2.15. The van der Waals surface area contributed by atoms with Crippen LogP contribution in [0.4, 0.5) is 0 Å². The fraction of sp³-hybridized carbons (Fsp3) is 0.211. The lowest BCUT2D eigenvalue weighted by Crippen LogP contribution is -2.39. The van der Waals surface area contributed by atoms with E-state index in [4.69, 9.17) is 5.73 Å². The molecule has 0 unspecified atom stereocenters. The Hall–Kier alpha value is -2.99. The minimum atomic E-state index is -0.250. The molecule has 0 spiro atoms. The second-order valence-corrected chi connectivity index (χ2v) is 6.00. The average molecular weight is 336 g/mol. The third-order valence-electron chi connectivity index (χ3n) is 4.01. The largest absolute Gasteiger partial charge is 0.348 e. The zero-order valence-corrected chi connectivity index (χ0v) is 14.0. The molecule has 128 valence electrons. The number of nitrogens with two attached hydrogens (primary N) is 1. The minimum absolute atomic E-state index is 0.163. The summed E-state index contributed by atoms with van der Waals surface area (Å²) in [7, 11) is 0. The molecule has 1 aromatic heterocycles. The number of rotatable bonds is 5. The zero-order chi connectivity index (χ0) is 17.8. The number of hydrogen-bond acceptors (Lipinski definition) is 4. The summed E-state index contributed by atoms with van der Waals surface area (Å²) in [6.45, 7) is 2.52. The quantitative estimate of drug-likeness (QED) is 0.742. The highest BCUT2D eigenvalue weighted by molar-refractivity contribution is 5.94. The Bertz CT molecular complexity index is 965. The molecule has 2 aromatic carbocycles. The van der Waals surface area contributed by atoms with E-state index >= 15 is 0 Å². The molecule has 0 fully saturated rings. The summed E-state index contributed by atoms with van der Waals surface area (Å²) < 4.78 is 1.38. The third-order valence-corrected chi connectivity index (χ3v) is 4.01. The molecule has 0 saturated heterocycles. The number of hydrogen-bond donors (Lipinski definition) is 2. The first kappa shape index (κ1) is 16.9. The first-order valence-corrected chi connectivity index (χ1v) is 8.13. The Labute approximate surface area is 145 Å². The third kappa shape index (κ3) is 3.75. The first-order valence-electron chi connectivity index (χ1n) is 8.13. The number of nitrogens with one attached hydrogen (secondary N) is 1. The Kier molecular flexibility index (Phi) is 4.90. The van der Waals surface area contributed by atoms with Crippen LogP contribution in [0.2, 0.25) is 0 Å². The molecule has 3 aromatic rings. The van der Waals surface area contributed by atoms with Gasteiger partial charge in [0.05, 0.1) is 18.1 Å². The Morgan fingerprint density at radius 2 is 2.04 bits per heavy atom. The molecule has 1 amide bonds. The van der Waals surface area contributed by atoms with E-state index in [9.17, 15) is 9.59 Å². The monoisotopic (exact) mass is 336 g/mol. The van der Waals surface area contributed by atoms with E-state index in [0.717, 1.165) is 10.9 Å². The van der Waals surface area contributed by atoms with E-state index in [1.807, 2.05) is 31.2 Å². The molecule has 0 bridgehead atoms. The van der Waals surface area contributed by atoms with Gasteiger partial charge in [0, 0.05) is 23.5 Å². The van der Waals surface area contributed by atoms with Gasteiger partial charge in [-0.1, -0.05) is 30.3 Å². The number of amides is 1. The summed E-state index contributed by atoms with van der Waals surface area (Å²) in [5.41, 5.74) is 6.89. The molecule has 3 N–H and O–H groups in total. The van der Waals surface area contributed by atoms with Crippen LogP contribution in [0.25, 0.3) is 10.8 Å². The van der Waals surface area contributed by atoms with E-state index in [1.165, 1.54) is 4.68 Å². The van der Waals surface area contributed by atoms with Crippen molar-refractivity contribution in [3.8, 4) is 0 Å². The lowest BCUT2D eigenvalue weighted by atomic mass is 10.1. The second kappa shape index (κ2) is 7.27. The highest BCUT2D eigenvalue weighted by Gasteiger charge is 2.12. The number of carbonyl (C=O) groups is 1. The maximum atomic E-state index is 12.5. The molecule has 0 aliphatic carbocycles. The molecule has 25 heavy (non-hydrogen) atoms. The number of benzene rings is 2. The van der Waals surface area contributed by atoms with Crippen LogP contribution < -0.4 is 16.6 Å². The fourth-order valence-corrected chi connectivity index (χ4v) is 2.71. The van der Waals surface area contributed by atoms with Crippen molar-refractivity contribution in [2.45, 2.75) is 26.1 Å². The van der Waals surface area contributed by atoms with Gasteiger partial charge in [-0.05, 0) is 30.7 Å². The summed E-state index contributed by atoms with van der Waals surface area (Å²) in [4.78, 5) is 24.8. The predicted molar refractivity (Wildman–Crippen MR) is 97.3 cm³/mol. The van der Waals surface area contributed by atoms with Gasteiger partial charge in [-0.3, -0.25) is 9.59 Å². The summed E-state index contributed by atoms with van der Waals surface area (Å²) in [5, 5.41) is 8.50. The normalized spacial score (nSPS) is 12.1. The van der Waals surface area contributed by atoms with Crippen molar-refractivity contribution in [3.05, 3.63) is 76.2 Å². The van der Waals surface area contributed by atoms with Gasteiger partial charge in [0.25, 0.3) is 11.5 Å². The van der Waals surface area contributed by atoms with Gasteiger partial charge >= 0.3 is 0 Å². The number of fused-ring (bicyclic) bond motifs is 1. The molecule has 0 radical (unpaired) electrons. The molecular weight excluding hydrogens is 316 g/mol. The Morgan fingerprint density at radius 3 is 2.84 bits per heavy atom. The second-order valence-electron chi connectivity index (χ2n) is 6.00. The van der Waals surface area contributed by atoms with Crippen LogP contribution in [0.1, 0.15) is 22.8 Å². The SMILES string of the molecule is C[C@@H](Cn1ncc2ccccc2c1=O)NC(=O)c1cccc(CN)c1. The van der Waals surface area contributed by atoms with Gasteiger partial charge in [0.1, 0.15) is 0 Å². The fourth-order valence-electron chi connectivity index (χ4n) is 2.71. The maximum Gasteiger partial charge on any atom is 0.274 e. The molecule has 1 atom stereocenters. The van der Waals surface area contributed by atoms with Crippen LogP contribution in [0.5, 0.6) is 0 Å². The Balaban J connectivity index is 1.74. The molecular formula is C19H20N4O2. The van der Waals surface area contributed by atoms with Crippen LogP contribution in [-0.2, 0) is 13.1 Å². The summed E-state index contributed by atoms with van der Waals surface area (Å²) in [6.07, 6.45) is 1.66. The topological polar surface area (TPSA) is 90.0 Å². The molecule has 0 aliphatic heterocycles. The predicted octanol–water partition coefficient (Wildman–Crippen LogP) is 1.67. The highest BCUT2D eigenvalue weighted by atomic mass is 16.2. The van der Waals surface area contributed by atoms with Crippen molar-refractivity contribution in [1.29, 1.82) is 0 Å². The van der Waals surface area contributed by atoms with Crippen LogP contribution in [0.15, 0.2) is 59.5 Å². The summed E-state index contributed by atoms with van der Waals surface area (Å²) in [6, 6.07) is 14.2. The summed E-state index contributed by atoms with van der Waals surface area (Å²) in [5.74, 6) is -0.198. The van der Waals surface area contributed by atoms with Gasteiger partial charge in [0.15, 0.2) is 0 Å². The molecule has 3 rings (SSSR count). The van der Waals surface area contributed by atoms with Crippen molar-refractivity contribution >= 4 is 16.7 Å². The van der Waals surface area contributed by atoms with Crippen molar-refractivity contribution < 1.29 is 4.79 Å². The summed E-state index contributed by atoms with van der Waals surface area (Å²) >= 11 is 0. The van der Waals surface area contributed by atoms with E-state index in [1.54, 1.807) is 30.5 Å². The molecule has 0 saturated carbocycles. The van der Waals surface area contributed by atoms with Gasteiger partial charge < -0.3 is 11.1 Å². The van der Waals surface area contributed by atoms with Gasteiger partial charge in [-0.2, -0.15) is 5.10 Å². The van der Waals surface area contributed by atoms with Gasteiger partial charge in [-0.25, -0.2) is 4.68 Å². The molecule has 0 aliphatic rings. The average Bonchev–Trinajstić information content (AvgIpc) is 2.64. The maximum absolute atomic E-state index is 12.5. The van der Waals surface area contributed by atoms with Crippen molar-refractivity contribution in [2.24, 2.45) is 5.73 Å². The molecule has 6 nitrogen and oxygen atoms in total. The smallest absolute Gasteiger partial charge is 0.274 e. The number of aromatic nitrogens is 2. The van der Waals surface area contributed by atoms with Gasteiger partial charge in [-0.15, -0.1) is 0 Å². The van der Waals surface area contributed by atoms with Crippen LogP contribution in [-0.4, -0.2) is 21.7 Å². The van der Waals surface area contributed by atoms with E-state index in [-0.39, 0.29) is 17.5 Å². The van der Waals surface area contributed by atoms with Crippen LogP contribution >= 0.6 is 0 Å². The Morgan fingerprint density at radius 1 is 1.24 bits per heavy atom. The van der Waals surface area contributed by atoms with Crippen molar-refractivity contribution in [1.82, 2.24) is 15.1 Å².